The molecule has 1 unspecified atom stereocenters. The first kappa shape index (κ1) is 17.1. The van der Waals surface area contributed by atoms with Crippen LogP contribution >= 0.6 is 0 Å². The minimum atomic E-state index is -4.75. The van der Waals surface area contributed by atoms with Crippen molar-refractivity contribution in [3.63, 3.8) is 0 Å². The molecule has 1 aromatic rings. The van der Waals surface area contributed by atoms with Crippen molar-refractivity contribution in [3.05, 3.63) is 24.3 Å². The van der Waals surface area contributed by atoms with E-state index in [0.29, 0.717) is 18.5 Å². The Bertz CT molecular complexity index is 449. The van der Waals surface area contributed by atoms with Crippen LogP contribution in [0.1, 0.15) is 19.8 Å². The Balaban J connectivity index is 2.53. The van der Waals surface area contributed by atoms with Gasteiger partial charge in [0.2, 0.25) is 0 Å². The monoisotopic (exact) mass is 306 g/mol. The Morgan fingerprint density at radius 2 is 1.95 bits per heavy atom. The van der Waals surface area contributed by atoms with Crippen LogP contribution in [0.2, 0.25) is 0 Å². The van der Waals surface area contributed by atoms with E-state index in [-0.39, 0.29) is 18.4 Å². The van der Waals surface area contributed by atoms with Gasteiger partial charge in [-0.3, -0.25) is 0 Å². The first-order valence-electron chi connectivity index (χ1n) is 6.38. The number of hydrogen-bond acceptors (Lipinski definition) is 3. The molecule has 0 radical (unpaired) electrons. The molecule has 1 atom stereocenters. The fourth-order valence-corrected chi connectivity index (χ4v) is 1.63. The summed E-state index contributed by atoms with van der Waals surface area (Å²) in [5.41, 5.74) is 0.334. The van der Waals surface area contributed by atoms with Crippen LogP contribution in [0.5, 0.6) is 5.75 Å². The molecular weight excluding hydrogens is 289 g/mol. The molecule has 0 aliphatic heterocycles. The van der Waals surface area contributed by atoms with E-state index >= 15 is 0 Å². The number of amides is 2. The quantitative estimate of drug-likeness (QED) is 0.757. The van der Waals surface area contributed by atoms with Gasteiger partial charge in [0.05, 0.1) is 0 Å². The Morgan fingerprint density at radius 3 is 2.43 bits per heavy atom. The van der Waals surface area contributed by atoms with Gasteiger partial charge in [-0.2, -0.15) is 0 Å². The maximum Gasteiger partial charge on any atom is 0.573 e. The lowest BCUT2D eigenvalue weighted by atomic mass is 10.2. The molecule has 0 saturated heterocycles. The SMILES string of the molecule is CCC(CCO)NC(=O)Nc1ccc(OC(F)(F)F)cc1. The molecule has 0 aliphatic carbocycles. The highest BCUT2D eigenvalue weighted by atomic mass is 19.4. The number of alkyl halides is 3. The van der Waals surface area contributed by atoms with E-state index in [1.165, 1.54) is 12.1 Å². The van der Waals surface area contributed by atoms with E-state index in [1.807, 2.05) is 6.92 Å². The number of aliphatic hydroxyl groups excluding tert-OH is 1. The van der Waals surface area contributed by atoms with Crippen molar-refractivity contribution < 1.29 is 27.8 Å². The standard InChI is InChI=1S/C13H17F3N2O3/c1-2-9(7-8-19)17-12(20)18-10-3-5-11(6-4-10)21-13(14,15)16/h3-6,9,19H,2,7-8H2,1H3,(H2,17,18,20). The molecule has 5 nitrogen and oxygen atoms in total. The zero-order valence-electron chi connectivity index (χ0n) is 11.4. The highest BCUT2D eigenvalue weighted by Crippen LogP contribution is 2.23. The molecule has 1 rings (SSSR count). The first-order valence-corrected chi connectivity index (χ1v) is 6.38. The predicted octanol–water partition coefficient (Wildman–Crippen LogP) is 2.87. The number of carbonyl (C=O) groups excluding carboxylic acids is 1. The lowest BCUT2D eigenvalue weighted by Crippen LogP contribution is -2.38. The minimum absolute atomic E-state index is 0.0394. The van der Waals surface area contributed by atoms with Crippen LogP contribution in [-0.2, 0) is 0 Å². The molecule has 0 bridgehead atoms. The Kier molecular flexibility index (Phi) is 6.29. The molecule has 0 fully saturated rings. The molecule has 21 heavy (non-hydrogen) atoms. The molecule has 0 spiro atoms. The van der Waals surface area contributed by atoms with Gasteiger partial charge in [-0.1, -0.05) is 6.92 Å². The molecule has 2 amide bonds. The van der Waals surface area contributed by atoms with Gasteiger partial charge in [0, 0.05) is 18.3 Å². The van der Waals surface area contributed by atoms with Crippen molar-refractivity contribution in [2.45, 2.75) is 32.2 Å². The van der Waals surface area contributed by atoms with Crippen LogP contribution in [0.4, 0.5) is 23.7 Å². The van der Waals surface area contributed by atoms with Crippen molar-refractivity contribution in [2.24, 2.45) is 0 Å². The summed E-state index contributed by atoms with van der Waals surface area (Å²) in [6.07, 6.45) is -3.65. The maximum absolute atomic E-state index is 12.0. The summed E-state index contributed by atoms with van der Waals surface area (Å²) in [4.78, 5) is 11.7. The number of rotatable bonds is 6. The summed E-state index contributed by atoms with van der Waals surface area (Å²) in [5, 5.41) is 14.0. The Labute approximate surface area is 120 Å². The number of benzene rings is 1. The number of carbonyl (C=O) groups is 1. The highest BCUT2D eigenvalue weighted by Gasteiger charge is 2.30. The fraction of sp³-hybridized carbons (Fsp3) is 0.462. The van der Waals surface area contributed by atoms with Crippen LogP contribution in [0, 0.1) is 0 Å². The van der Waals surface area contributed by atoms with E-state index in [1.54, 1.807) is 0 Å². The normalized spacial score (nSPS) is 12.6. The molecular formula is C13H17F3N2O3. The molecule has 3 N–H and O–H groups in total. The highest BCUT2D eigenvalue weighted by molar-refractivity contribution is 5.89. The Hall–Kier alpha value is -1.96. The van der Waals surface area contributed by atoms with Crippen LogP contribution < -0.4 is 15.4 Å². The first-order chi connectivity index (χ1) is 9.84. The summed E-state index contributed by atoms with van der Waals surface area (Å²) in [6.45, 7) is 1.83. The van der Waals surface area contributed by atoms with Crippen molar-refractivity contribution in [3.8, 4) is 5.75 Å². The third kappa shape index (κ3) is 6.84. The second kappa shape index (κ2) is 7.72. The van der Waals surface area contributed by atoms with Crippen LogP contribution in [0.3, 0.4) is 0 Å². The van der Waals surface area contributed by atoms with Crippen molar-refractivity contribution >= 4 is 11.7 Å². The lowest BCUT2D eigenvalue weighted by molar-refractivity contribution is -0.274. The molecule has 0 aliphatic rings. The topological polar surface area (TPSA) is 70.6 Å². The minimum Gasteiger partial charge on any atom is -0.406 e. The van der Waals surface area contributed by atoms with Gasteiger partial charge in [-0.15, -0.1) is 13.2 Å². The largest absolute Gasteiger partial charge is 0.573 e. The third-order valence-electron chi connectivity index (χ3n) is 2.65. The number of urea groups is 1. The van der Waals surface area contributed by atoms with E-state index in [2.05, 4.69) is 15.4 Å². The molecule has 1 aromatic carbocycles. The van der Waals surface area contributed by atoms with E-state index in [4.69, 9.17) is 5.11 Å². The van der Waals surface area contributed by atoms with Crippen molar-refractivity contribution in [2.75, 3.05) is 11.9 Å². The zero-order valence-corrected chi connectivity index (χ0v) is 11.4. The number of aliphatic hydroxyl groups is 1. The van der Waals surface area contributed by atoms with Crippen molar-refractivity contribution in [1.29, 1.82) is 0 Å². The summed E-state index contributed by atoms with van der Waals surface area (Å²) >= 11 is 0. The van der Waals surface area contributed by atoms with E-state index in [0.717, 1.165) is 12.1 Å². The number of nitrogens with one attached hydrogen (secondary N) is 2. The van der Waals surface area contributed by atoms with Crippen molar-refractivity contribution in [1.82, 2.24) is 5.32 Å². The fourth-order valence-electron chi connectivity index (χ4n) is 1.63. The summed E-state index contributed by atoms with van der Waals surface area (Å²) in [6, 6.07) is 4.16. The Morgan fingerprint density at radius 1 is 1.33 bits per heavy atom. The summed E-state index contributed by atoms with van der Waals surface area (Å²) < 4.78 is 39.7. The van der Waals surface area contributed by atoms with Gasteiger partial charge in [-0.05, 0) is 37.1 Å². The number of halogens is 3. The molecule has 0 aromatic heterocycles. The molecule has 0 heterocycles. The van der Waals surface area contributed by atoms with Crippen LogP contribution in [0.25, 0.3) is 0 Å². The summed E-state index contributed by atoms with van der Waals surface area (Å²) in [5.74, 6) is -0.361. The second-order valence-electron chi connectivity index (χ2n) is 4.29. The van der Waals surface area contributed by atoms with Gasteiger partial charge >= 0.3 is 12.4 Å². The van der Waals surface area contributed by atoms with Crippen LogP contribution in [0.15, 0.2) is 24.3 Å². The zero-order chi connectivity index (χ0) is 15.9. The maximum atomic E-state index is 12.0. The predicted molar refractivity (Wildman–Crippen MR) is 71.1 cm³/mol. The van der Waals surface area contributed by atoms with Gasteiger partial charge in [0.25, 0.3) is 0 Å². The van der Waals surface area contributed by atoms with E-state index in [9.17, 15) is 18.0 Å². The lowest BCUT2D eigenvalue weighted by Gasteiger charge is -2.16. The summed E-state index contributed by atoms with van der Waals surface area (Å²) in [7, 11) is 0. The molecule has 118 valence electrons. The van der Waals surface area contributed by atoms with E-state index < -0.39 is 12.4 Å². The van der Waals surface area contributed by atoms with Gasteiger partial charge in [-0.25, -0.2) is 4.79 Å². The number of anilines is 1. The van der Waals surface area contributed by atoms with Gasteiger partial charge in [0.15, 0.2) is 0 Å². The second-order valence-corrected chi connectivity index (χ2v) is 4.29. The average molecular weight is 306 g/mol. The van der Waals surface area contributed by atoms with Gasteiger partial charge < -0.3 is 20.5 Å². The third-order valence-corrected chi connectivity index (χ3v) is 2.65. The molecule has 0 saturated carbocycles. The number of hydrogen-bond donors (Lipinski definition) is 3. The van der Waals surface area contributed by atoms with Crippen LogP contribution in [-0.4, -0.2) is 30.1 Å². The smallest absolute Gasteiger partial charge is 0.406 e. The number of ether oxygens (including phenoxy) is 1. The average Bonchev–Trinajstić information content (AvgIpc) is 2.39. The van der Waals surface area contributed by atoms with Gasteiger partial charge in [0.1, 0.15) is 5.75 Å². The molecule has 8 heteroatoms.